The number of rotatable bonds is 6. The molecule has 3 heterocycles. The number of methoxy groups -OCH3 is 2. The molecule has 4 rings (SSSR count). The van der Waals surface area contributed by atoms with Gasteiger partial charge in [-0.1, -0.05) is 6.07 Å². The summed E-state index contributed by atoms with van der Waals surface area (Å²) >= 11 is 0. The molecule has 1 fully saturated rings. The summed E-state index contributed by atoms with van der Waals surface area (Å²) in [4.78, 5) is 31.5. The van der Waals surface area contributed by atoms with Gasteiger partial charge in [-0.25, -0.2) is 0 Å². The van der Waals surface area contributed by atoms with E-state index in [2.05, 4.69) is 4.98 Å². The first kappa shape index (κ1) is 20.2. The molecule has 0 bridgehead atoms. The Hall–Kier alpha value is -4.07. The lowest BCUT2D eigenvalue weighted by atomic mass is 9.98. The zero-order valence-electron chi connectivity index (χ0n) is 16.9. The third-order valence-electron chi connectivity index (χ3n) is 5.07. The Morgan fingerprint density at radius 3 is 2.61 bits per heavy atom. The Morgan fingerprint density at radius 1 is 1.13 bits per heavy atom. The number of hydrogen-bond acceptors (Lipinski definition) is 7. The third kappa shape index (κ3) is 3.63. The summed E-state index contributed by atoms with van der Waals surface area (Å²) in [5.41, 5.74) is 0.776. The molecule has 3 aromatic rings. The molecule has 158 valence electrons. The van der Waals surface area contributed by atoms with Gasteiger partial charge < -0.3 is 23.9 Å². The number of carbonyl (C=O) groups excluding carboxylic acids is 2. The Morgan fingerprint density at radius 2 is 1.97 bits per heavy atom. The van der Waals surface area contributed by atoms with E-state index in [0.717, 1.165) is 0 Å². The first-order chi connectivity index (χ1) is 15.0. The lowest BCUT2D eigenvalue weighted by molar-refractivity contribution is -0.140. The van der Waals surface area contributed by atoms with Crippen LogP contribution in [0.4, 0.5) is 0 Å². The van der Waals surface area contributed by atoms with Gasteiger partial charge in [0.25, 0.3) is 11.7 Å². The van der Waals surface area contributed by atoms with Crippen LogP contribution in [-0.2, 0) is 16.1 Å². The molecule has 0 radical (unpaired) electrons. The van der Waals surface area contributed by atoms with Gasteiger partial charge in [0.1, 0.15) is 29.1 Å². The number of likely N-dealkylation sites (tertiary alicyclic amines) is 1. The fraction of sp³-hybridized carbons (Fsp3) is 0.174. The van der Waals surface area contributed by atoms with Gasteiger partial charge in [0, 0.05) is 12.3 Å². The van der Waals surface area contributed by atoms with E-state index in [-0.39, 0.29) is 23.4 Å². The van der Waals surface area contributed by atoms with E-state index in [9.17, 15) is 14.7 Å². The highest BCUT2D eigenvalue weighted by atomic mass is 16.5. The minimum atomic E-state index is -0.913. The molecule has 1 aromatic carbocycles. The topological polar surface area (TPSA) is 102 Å². The van der Waals surface area contributed by atoms with Crippen LogP contribution in [0.2, 0.25) is 0 Å². The first-order valence-corrected chi connectivity index (χ1v) is 9.49. The lowest BCUT2D eigenvalue weighted by Gasteiger charge is -2.23. The third-order valence-corrected chi connectivity index (χ3v) is 5.07. The van der Waals surface area contributed by atoms with Gasteiger partial charge in [-0.15, -0.1) is 0 Å². The number of aliphatic hydroxyl groups is 1. The smallest absolute Gasteiger partial charge is 0.296 e. The van der Waals surface area contributed by atoms with E-state index < -0.39 is 17.7 Å². The fourth-order valence-electron chi connectivity index (χ4n) is 3.59. The normalized spacial score (nSPS) is 17.7. The standard InChI is InChI=1S/C23H20N2O6/c1-29-15-8-9-16(18(12-15)30-2)21(26)19-20(17-7-5-11-31-17)25(23(28)22(19)27)13-14-6-3-4-10-24-14/h3-12,20,26H,13H2,1-2H3/b21-19-. The molecule has 8 heteroatoms. The molecule has 0 saturated carbocycles. The van der Waals surface area contributed by atoms with Crippen molar-refractivity contribution < 1.29 is 28.6 Å². The molecule has 0 aliphatic carbocycles. The highest BCUT2D eigenvalue weighted by Crippen LogP contribution is 2.42. The van der Waals surface area contributed by atoms with Crippen molar-refractivity contribution in [1.29, 1.82) is 0 Å². The van der Waals surface area contributed by atoms with Gasteiger partial charge in [0.15, 0.2) is 0 Å². The van der Waals surface area contributed by atoms with Crippen LogP contribution >= 0.6 is 0 Å². The van der Waals surface area contributed by atoms with Crippen molar-refractivity contribution in [2.24, 2.45) is 0 Å². The largest absolute Gasteiger partial charge is 0.507 e. The number of aromatic nitrogens is 1. The summed E-state index contributed by atoms with van der Waals surface area (Å²) in [5.74, 6) is -0.752. The van der Waals surface area contributed by atoms with Crippen molar-refractivity contribution in [1.82, 2.24) is 9.88 Å². The maximum absolute atomic E-state index is 13.0. The van der Waals surface area contributed by atoms with E-state index in [1.807, 2.05) is 0 Å². The van der Waals surface area contributed by atoms with E-state index in [0.29, 0.717) is 23.0 Å². The van der Waals surface area contributed by atoms with Gasteiger partial charge in [-0.05, 0) is 36.4 Å². The van der Waals surface area contributed by atoms with Crippen LogP contribution in [0.5, 0.6) is 11.5 Å². The maximum atomic E-state index is 13.0. The number of carbonyl (C=O) groups is 2. The van der Waals surface area contributed by atoms with Crippen LogP contribution < -0.4 is 9.47 Å². The summed E-state index contributed by atoms with van der Waals surface area (Å²) < 4.78 is 16.1. The van der Waals surface area contributed by atoms with E-state index in [1.165, 1.54) is 25.4 Å². The average molecular weight is 420 g/mol. The molecule has 1 N–H and O–H groups in total. The van der Waals surface area contributed by atoms with Crippen molar-refractivity contribution in [3.05, 3.63) is 83.6 Å². The summed E-state index contributed by atoms with van der Waals surface area (Å²) in [6.45, 7) is 0.0767. The number of amides is 1. The molecular weight excluding hydrogens is 400 g/mol. The number of aliphatic hydroxyl groups excluding tert-OH is 1. The van der Waals surface area contributed by atoms with Crippen LogP contribution in [0.1, 0.15) is 23.1 Å². The van der Waals surface area contributed by atoms with Gasteiger partial charge in [0.05, 0.1) is 43.9 Å². The second-order valence-corrected chi connectivity index (χ2v) is 6.83. The number of ether oxygens (including phenoxy) is 2. The van der Waals surface area contributed by atoms with Crippen molar-refractivity contribution in [3.8, 4) is 11.5 Å². The van der Waals surface area contributed by atoms with E-state index in [4.69, 9.17) is 13.9 Å². The van der Waals surface area contributed by atoms with Crippen molar-refractivity contribution in [3.63, 3.8) is 0 Å². The molecule has 0 spiro atoms. The molecule has 31 heavy (non-hydrogen) atoms. The van der Waals surface area contributed by atoms with Crippen molar-refractivity contribution in [2.75, 3.05) is 14.2 Å². The SMILES string of the molecule is COc1ccc(/C(O)=C2/C(=O)C(=O)N(Cc3ccccn3)C2c2ccco2)c(OC)c1. The van der Waals surface area contributed by atoms with Gasteiger partial charge in [0.2, 0.25) is 0 Å². The quantitative estimate of drug-likeness (QED) is 0.371. The van der Waals surface area contributed by atoms with Crippen LogP contribution in [0.25, 0.3) is 5.76 Å². The van der Waals surface area contributed by atoms with Crippen molar-refractivity contribution in [2.45, 2.75) is 12.6 Å². The summed E-state index contributed by atoms with van der Waals surface area (Å²) in [5, 5.41) is 11.1. The second kappa shape index (κ2) is 8.35. The zero-order valence-corrected chi connectivity index (χ0v) is 16.9. The fourth-order valence-corrected chi connectivity index (χ4v) is 3.59. The molecule has 1 atom stereocenters. The Balaban J connectivity index is 1.85. The summed E-state index contributed by atoms with van der Waals surface area (Å²) in [7, 11) is 2.95. The monoisotopic (exact) mass is 420 g/mol. The van der Waals surface area contributed by atoms with Crippen LogP contribution in [0.3, 0.4) is 0 Å². The van der Waals surface area contributed by atoms with E-state index in [1.54, 1.807) is 54.7 Å². The first-order valence-electron chi connectivity index (χ1n) is 9.49. The molecule has 1 aliphatic heterocycles. The predicted molar refractivity (Wildman–Crippen MR) is 110 cm³/mol. The summed E-state index contributed by atoms with van der Waals surface area (Å²) in [6.07, 6.45) is 3.06. The minimum absolute atomic E-state index is 0.0767. The molecule has 1 saturated heterocycles. The molecule has 1 aliphatic rings. The molecule has 8 nitrogen and oxygen atoms in total. The second-order valence-electron chi connectivity index (χ2n) is 6.83. The Bertz CT molecular complexity index is 1140. The van der Waals surface area contributed by atoms with Crippen LogP contribution in [0, 0.1) is 0 Å². The molecular formula is C23H20N2O6. The number of nitrogens with zero attached hydrogens (tertiary/aromatic N) is 2. The van der Waals surface area contributed by atoms with Gasteiger partial charge in [-0.3, -0.25) is 14.6 Å². The van der Waals surface area contributed by atoms with Crippen LogP contribution in [-0.4, -0.2) is 40.9 Å². The van der Waals surface area contributed by atoms with Crippen molar-refractivity contribution >= 4 is 17.4 Å². The van der Waals surface area contributed by atoms with Gasteiger partial charge in [-0.2, -0.15) is 0 Å². The summed E-state index contributed by atoms with van der Waals surface area (Å²) in [6, 6.07) is 12.5. The number of Topliss-reactive ketones (excluding diaryl/α,β-unsaturated/α-hetero) is 1. The molecule has 2 aromatic heterocycles. The Labute approximate surface area is 178 Å². The highest BCUT2D eigenvalue weighted by Gasteiger charge is 2.47. The van der Waals surface area contributed by atoms with Crippen LogP contribution in [0.15, 0.2) is 71.0 Å². The lowest BCUT2D eigenvalue weighted by Crippen LogP contribution is -2.29. The average Bonchev–Trinajstić information content (AvgIpc) is 3.41. The Kier molecular flexibility index (Phi) is 5.44. The number of furan rings is 1. The van der Waals surface area contributed by atoms with Gasteiger partial charge >= 0.3 is 0 Å². The zero-order chi connectivity index (χ0) is 22.0. The molecule has 1 amide bonds. The number of pyridine rings is 1. The highest BCUT2D eigenvalue weighted by molar-refractivity contribution is 6.46. The molecule has 1 unspecified atom stereocenters. The minimum Gasteiger partial charge on any atom is -0.507 e. The van der Waals surface area contributed by atoms with E-state index >= 15 is 0 Å². The number of benzene rings is 1. The maximum Gasteiger partial charge on any atom is 0.296 e. The number of ketones is 1. The predicted octanol–water partition coefficient (Wildman–Crippen LogP) is 3.31. The number of hydrogen-bond donors (Lipinski definition) is 1.